The van der Waals surface area contributed by atoms with E-state index in [9.17, 15) is 9.18 Å². The lowest BCUT2D eigenvalue weighted by Gasteiger charge is -2.05. The van der Waals surface area contributed by atoms with E-state index in [1.54, 1.807) is 0 Å². The second-order valence-electron chi connectivity index (χ2n) is 6.49. The fourth-order valence-electron chi connectivity index (χ4n) is 2.77. The predicted molar refractivity (Wildman–Crippen MR) is 93.3 cm³/mol. The standard InChI is InChI=1S/C19H37FO3/c1-23-19(22)16-14-12-10-8-6-4-2-3-5-7-9-11-13-15-18(20)17-21/h18,21H,2-17H2,1H3. The molecule has 4 heteroatoms. The highest BCUT2D eigenvalue weighted by Crippen LogP contribution is 2.14. The lowest BCUT2D eigenvalue weighted by atomic mass is 10.0. The zero-order valence-corrected chi connectivity index (χ0v) is 15.0. The van der Waals surface area contributed by atoms with Gasteiger partial charge in [-0.05, 0) is 12.8 Å². The molecule has 0 fully saturated rings. The van der Waals surface area contributed by atoms with Gasteiger partial charge in [0.25, 0.3) is 0 Å². The Balaban J connectivity index is 3.04. The number of unbranched alkanes of at least 4 members (excludes halogenated alkanes) is 12. The highest BCUT2D eigenvalue weighted by atomic mass is 19.1. The number of hydrogen-bond donors (Lipinski definition) is 1. The number of rotatable bonds is 17. The van der Waals surface area contributed by atoms with Crippen molar-refractivity contribution in [1.82, 2.24) is 0 Å². The topological polar surface area (TPSA) is 46.5 Å². The molecule has 0 bridgehead atoms. The van der Waals surface area contributed by atoms with E-state index < -0.39 is 6.17 Å². The molecule has 0 saturated heterocycles. The second kappa shape index (κ2) is 17.7. The summed E-state index contributed by atoms with van der Waals surface area (Å²) >= 11 is 0. The van der Waals surface area contributed by atoms with E-state index in [4.69, 9.17) is 5.11 Å². The Morgan fingerprint density at radius 1 is 0.826 bits per heavy atom. The predicted octanol–water partition coefficient (Wildman–Crippen LogP) is 5.34. The van der Waals surface area contributed by atoms with Gasteiger partial charge in [0.2, 0.25) is 0 Å². The van der Waals surface area contributed by atoms with Gasteiger partial charge in [0.15, 0.2) is 0 Å². The summed E-state index contributed by atoms with van der Waals surface area (Å²) in [6, 6.07) is 0. The number of esters is 1. The first kappa shape index (κ1) is 22.4. The van der Waals surface area contributed by atoms with Crippen molar-refractivity contribution in [3.05, 3.63) is 0 Å². The van der Waals surface area contributed by atoms with E-state index in [1.165, 1.54) is 64.9 Å². The molecule has 1 unspecified atom stereocenters. The van der Waals surface area contributed by atoms with E-state index in [0.29, 0.717) is 12.8 Å². The molecule has 0 spiro atoms. The Hall–Kier alpha value is -0.640. The maximum atomic E-state index is 12.8. The van der Waals surface area contributed by atoms with Crippen LogP contribution < -0.4 is 0 Å². The van der Waals surface area contributed by atoms with Crippen LogP contribution in [-0.4, -0.2) is 31.0 Å². The molecule has 0 aliphatic rings. The SMILES string of the molecule is COC(=O)CCCCCCCCCCCCCCCC(F)CO. The van der Waals surface area contributed by atoms with Crippen molar-refractivity contribution in [3.8, 4) is 0 Å². The minimum atomic E-state index is -1.02. The summed E-state index contributed by atoms with van der Waals surface area (Å²) in [4.78, 5) is 10.9. The number of carbonyl (C=O) groups is 1. The molecule has 0 aromatic rings. The summed E-state index contributed by atoms with van der Waals surface area (Å²) in [6.45, 7) is -0.328. The van der Waals surface area contributed by atoms with Gasteiger partial charge in [-0.2, -0.15) is 0 Å². The van der Waals surface area contributed by atoms with Crippen molar-refractivity contribution >= 4 is 5.97 Å². The number of halogens is 1. The molecule has 1 atom stereocenters. The average Bonchev–Trinajstić information content (AvgIpc) is 2.57. The number of hydrogen-bond acceptors (Lipinski definition) is 3. The van der Waals surface area contributed by atoms with Crippen LogP contribution in [-0.2, 0) is 9.53 Å². The third-order valence-corrected chi connectivity index (χ3v) is 4.32. The van der Waals surface area contributed by atoms with Gasteiger partial charge in [0.1, 0.15) is 6.17 Å². The number of methoxy groups -OCH3 is 1. The second-order valence-corrected chi connectivity index (χ2v) is 6.49. The van der Waals surface area contributed by atoms with E-state index in [1.807, 2.05) is 0 Å². The molecule has 138 valence electrons. The normalized spacial score (nSPS) is 12.3. The van der Waals surface area contributed by atoms with Crippen molar-refractivity contribution in [2.75, 3.05) is 13.7 Å². The molecule has 0 rings (SSSR count). The Bertz CT molecular complexity index is 259. The molecule has 1 N–H and O–H groups in total. The Labute approximate surface area is 142 Å². The number of carbonyl (C=O) groups excluding carboxylic acids is 1. The van der Waals surface area contributed by atoms with Crippen LogP contribution in [0.4, 0.5) is 4.39 Å². The minimum absolute atomic E-state index is 0.0945. The van der Waals surface area contributed by atoms with Crippen LogP contribution in [0.2, 0.25) is 0 Å². The fourth-order valence-corrected chi connectivity index (χ4v) is 2.77. The van der Waals surface area contributed by atoms with Gasteiger partial charge >= 0.3 is 5.97 Å². The summed E-state index contributed by atoms with van der Waals surface area (Å²) in [7, 11) is 1.44. The lowest BCUT2D eigenvalue weighted by Crippen LogP contribution is -2.04. The summed E-state index contributed by atoms with van der Waals surface area (Å²) in [5.74, 6) is -0.0945. The van der Waals surface area contributed by atoms with Crippen LogP contribution in [0.25, 0.3) is 0 Å². The summed E-state index contributed by atoms with van der Waals surface area (Å²) in [6.07, 6.45) is 15.6. The van der Waals surface area contributed by atoms with Crippen molar-refractivity contribution < 1.29 is 19.0 Å². The molecule has 0 aromatic carbocycles. The Morgan fingerprint density at radius 2 is 1.22 bits per heavy atom. The monoisotopic (exact) mass is 332 g/mol. The van der Waals surface area contributed by atoms with Crippen LogP contribution in [0.3, 0.4) is 0 Å². The Kier molecular flexibility index (Phi) is 17.2. The van der Waals surface area contributed by atoms with Crippen molar-refractivity contribution in [3.63, 3.8) is 0 Å². The van der Waals surface area contributed by atoms with Gasteiger partial charge < -0.3 is 9.84 Å². The van der Waals surface area contributed by atoms with E-state index in [-0.39, 0.29) is 12.6 Å². The molecule has 0 aromatic heterocycles. The van der Waals surface area contributed by atoms with Crippen LogP contribution in [0.1, 0.15) is 96.3 Å². The van der Waals surface area contributed by atoms with Gasteiger partial charge in [0, 0.05) is 6.42 Å². The quantitative estimate of drug-likeness (QED) is 0.289. The first-order valence-corrected chi connectivity index (χ1v) is 9.52. The van der Waals surface area contributed by atoms with Crippen LogP contribution in [0.5, 0.6) is 0 Å². The van der Waals surface area contributed by atoms with Crippen molar-refractivity contribution in [2.24, 2.45) is 0 Å². The zero-order chi connectivity index (χ0) is 17.2. The minimum Gasteiger partial charge on any atom is -0.469 e. The number of aliphatic hydroxyl groups is 1. The number of aliphatic hydroxyl groups excluding tert-OH is 1. The highest BCUT2D eigenvalue weighted by Gasteiger charge is 2.03. The maximum Gasteiger partial charge on any atom is 0.305 e. The molecule has 0 radical (unpaired) electrons. The van der Waals surface area contributed by atoms with Crippen LogP contribution >= 0.6 is 0 Å². The molecule has 0 saturated carbocycles. The highest BCUT2D eigenvalue weighted by molar-refractivity contribution is 5.68. The fraction of sp³-hybridized carbons (Fsp3) is 0.947. The average molecular weight is 332 g/mol. The Morgan fingerprint density at radius 3 is 1.61 bits per heavy atom. The molecule has 0 aliphatic heterocycles. The van der Waals surface area contributed by atoms with Gasteiger partial charge in [-0.1, -0.05) is 77.0 Å². The van der Waals surface area contributed by atoms with Crippen molar-refractivity contribution in [2.45, 2.75) is 102 Å². The van der Waals surface area contributed by atoms with E-state index in [2.05, 4.69) is 4.74 Å². The number of alkyl halides is 1. The third-order valence-electron chi connectivity index (χ3n) is 4.32. The molecule has 0 heterocycles. The van der Waals surface area contributed by atoms with E-state index >= 15 is 0 Å². The zero-order valence-electron chi connectivity index (χ0n) is 15.0. The third kappa shape index (κ3) is 17.5. The molecular formula is C19H37FO3. The van der Waals surface area contributed by atoms with Crippen molar-refractivity contribution in [1.29, 1.82) is 0 Å². The van der Waals surface area contributed by atoms with Gasteiger partial charge in [-0.15, -0.1) is 0 Å². The molecule has 3 nitrogen and oxygen atoms in total. The first-order valence-electron chi connectivity index (χ1n) is 9.52. The molecule has 0 amide bonds. The van der Waals surface area contributed by atoms with Gasteiger partial charge in [-0.3, -0.25) is 4.79 Å². The van der Waals surface area contributed by atoms with Gasteiger partial charge in [0.05, 0.1) is 13.7 Å². The molecule has 23 heavy (non-hydrogen) atoms. The summed E-state index contributed by atoms with van der Waals surface area (Å²) < 4.78 is 17.4. The van der Waals surface area contributed by atoms with Gasteiger partial charge in [-0.25, -0.2) is 4.39 Å². The van der Waals surface area contributed by atoms with Crippen LogP contribution in [0, 0.1) is 0 Å². The smallest absolute Gasteiger partial charge is 0.305 e. The lowest BCUT2D eigenvalue weighted by molar-refractivity contribution is -0.140. The maximum absolute atomic E-state index is 12.8. The van der Waals surface area contributed by atoms with E-state index in [0.717, 1.165) is 25.7 Å². The summed E-state index contributed by atoms with van der Waals surface area (Å²) in [5, 5.41) is 8.58. The largest absolute Gasteiger partial charge is 0.469 e. The summed E-state index contributed by atoms with van der Waals surface area (Å²) in [5.41, 5.74) is 0. The molecule has 0 aliphatic carbocycles. The molecular weight excluding hydrogens is 295 g/mol. The van der Waals surface area contributed by atoms with Crippen LogP contribution in [0.15, 0.2) is 0 Å². The number of ether oxygens (including phenoxy) is 1. The first-order chi connectivity index (χ1) is 11.2.